The molecule has 0 radical (unpaired) electrons. The largest absolute Gasteiger partial charge is 0.293 e. The Balaban J connectivity index is 2.83. The van der Waals surface area contributed by atoms with E-state index in [2.05, 4.69) is 10.2 Å². The number of para-hydroxylation sites is 1. The molecule has 2 rings (SSSR count). The lowest BCUT2D eigenvalue weighted by Crippen LogP contribution is -1.91. The first-order valence-electron chi connectivity index (χ1n) is 3.83. The Morgan fingerprint density at radius 2 is 2.31 bits per heavy atom. The van der Waals surface area contributed by atoms with E-state index >= 15 is 0 Å². The number of hydrogen-bond acceptors (Lipinski definition) is 2. The van der Waals surface area contributed by atoms with E-state index < -0.39 is 0 Å². The number of hydrogen-bond donors (Lipinski definition) is 1. The minimum absolute atomic E-state index is 0.0373. The fraction of sp³-hybridized carbons (Fsp3) is 0.111. The Morgan fingerprint density at radius 1 is 1.54 bits per heavy atom. The van der Waals surface area contributed by atoms with E-state index in [1.165, 1.54) is 6.92 Å². The number of carbonyl (C=O) groups excluding carboxylic acids is 1. The summed E-state index contributed by atoms with van der Waals surface area (Å²) in [5.74, 6) is -0.0373. The Morgan fingerprint density at radius 3 is 3.00 bits per heavy atom. The standard InChI is InChI=1S/C9H7ClN2O/c1-5(13)8-6-3-2-4-7(10)9(6)12-11-8/h2-4H,1H3,(H,11,12). The van der Waals surface area contributed by atoms with Crippen molar-refractivity contribution in [2.24, 2.45) is 0 Å². The molecule has 0 bridgehead atoms. The number of aromatic amines is 1. The normalized spacial score (nSPS) is 10.6. The number of halogens is 1. The number of rotatable bonds is 1. The Hall–Kier alpha value is -1.35. The van der Waals surface area contributed by atoms with Crippen molar-refractivity contribution in [3.05, 3.63) is 28.9 Å². The van der Waals surface area contributed by atoms with Crippen LogP contribution in [0.3, 0.4) is 0 Å². The number of ketones is 1. The van der Waals surface area contributed by atoms with Gasteiger partial charge in [-0.25, -0.2) is 0 Å². The molecular weight excluding hydrogens is 188 g/mol. The molecule has 0 spiro atoms. The lowest BCUT2D eigenvalue weighted by Gasteiger charge is -1.91. The molecule has 0 fully saturated rings. The first-order valence-corrected chi connectivity index (χ1v) is 4.21. The molecule has 0 aliphatic heterocycles. The summed E-state index contributed by atoms with van der Waals surface area (Å²) in [6, 6.07) is 5.36. The summed E-state index contributed by atoms with van der Waals surface area (Å²) in [5.41, 5.74) is 1.16. The van der Waals surface area contributed by atoms with E-state index in [0.29, 0.717) is 16.2 Å². The highest BCUT2D eigenvalue weighted by Crippen LogP contribution is 2.23. The van der Waals surface area contributed by atoms with Crippen LogP contribution in [0.15, 0.2) is 18.2 Å². The molecule has 1 aromatic heterocycles. The van der Waals surface area contributed by atoms with E-state index in [1.54, 1.807) is 12.1 Å². The van der Waals surface area contributed by atoms with Crippen LogP contribution in [0.1, 0.15) is 17.4 Å². The van der Waals surface area contributed by atoms with Gasteiger partial charge in [0.05, 0.1) is 5.02 Å². The van der Waals surface area contributed by atoms with Crippen LogP contribution in [-0.4, -0.2) is 16.0 Å². The van der Waals surface area contributed by atoms with Crippen molar-refractivity contribution >= 4 is 28.3 Å². The second-order valence-corrected chi connectivity index (χ2v) is 3.20. The van der Waals surface area contributed by atoms with Crippen molar-refractivity contribution in [1.29, 1.82) is 0 Å². The second-order valence-electron chi connectivity index (χ2n) is 2.79. The highest BCUT2D eigenvalue weighted by atomic mass is 35.5. The SMILES string of the molecule is CC(=O)c1[nH]nc2c(Cl)cccc12. The van der Waals surface area contributed by atoms with E-state index in [-0.39, 0.29) is 5.78 Å². The summed E-state index contributed by atoms with van der Waals surface area (Å²) in [6.07, 6.45) is 0. The Bertz CT molecular complexity index is 475. The molecule has 0 amide bonds. The zero-order chi connectivity index (χ0) is 9.42. The maximum Gasteiger partial charge on any atom is 0.178 e. The van der Waals surface area contributed by atoms with E-state index in [4.69, 9.17) is 11.6 Å². The summed E-state index contributed by atoms with van der Waals surface area (Å²) in [5, 5.41) is 7.97. The van der Waals surface area contributed by atoms with Gasteiger partial charge in [-0.15, -0.1) is 0 Å². The highest BCUT2D eigenvalue weighted by molar-refractivity contribution is 6.35. The second kappa shape index (κ2) is 2.85. The first-order chi connectivity index (χ1) is 6.20. The molecule has 0 aliphatic rings. The average molecular weight is 195 g/mol. The van der Waals surface area contributed by atoms with Gasteiger partial charge in [-0.2, -0.15) is 5.10 Å². The molecule has 66 valence electrons. The molecule has 0 atom stereocenters. The van der Waals surface area contributed by atoms with Crippen LogP contribution < -0.4 is 0 Å². The summed E-state index contributed by atoms with van der Waals surface area (Å²) in [4.78, 5) is 11.1. The maximum absolute atomic E-state index is 11.1. The Labute approximate surface area is 79.7 Å². The molecule has 3 nitrogen and oxygen atoms in total. The van der Waals surface area contributed by atoms with Crippen molar-refractivity contribution in [2.45, 2.75) is 6.92 Å². The number of H-pyrrole nitrogens is 1. The third-order valence-corrected chi connectivity index (χ3v) is 2.19. The molecule has 13 heavy (non-hydrogen) atoms. The molecule has 4 heteroatoms. The molecule has 1 aromatic carbocycles. The van der Waals surface area contributed by atoms with Crippen molar-refractivity contribution in [2.75, 3.05) is 0 Å². The Kier molecular flexibility index (Phi) is 1.81. The quantitative estimate of drug-likeness (QED) is 0.709. The molecule has 2 aromatic rings. The van der Waals surface area contributed by atoms with Crippen molar-refractivity contribution in [1.82, 2.24) is 10.2 Å². The van der Waals surface area contributed by atoms with Gasteiger partial charge in [0.15, 0.2) is 5.78 Å². The number of benzene rings is 1. The molecule has 0 aliphatic carbocycles. The van der Waals surface area contributed by atoms with Crippen LogP contribution >= 0.6 is 11.6 Å². The number of carbonyl (C=O) groups is 1. The van der Waals surface area contributed by atoms with Gasteiger partial charge in [-0.05, 0) is 6.07 Å². The number of Topliss-reactive ketones (excluding diaryl/α,β-unsaturated/α-hetero) is 1. The first kappa shape index (κ1) is 8.26. The fourth-order valence-electron chi connectivity index (χ4n) is 1.27. The van der Waals surface area contributed by atoms with Gasteiger partial charge in [0.1, 0.15) is 11.2 Å². The molecule has 1 N–H and O–H groups in total. The topological polar surface area (TPSA) is 45.8 Å². The van der Waals surface area contributed by atoms with E-state index in [0.717, 1.165) is 5.39 Å². The average Bonchev–Trinajstić information content (AvgIpc) is 2.48. The van der Waals surface area contributed by atoms with Gasteiger partial charge < -0.3 is 0 Å². The van der Waals surface area contributed by atoms with Crippen LogP contribution in [0.5, 0.6) is 0 Å². The van der Waals surface area contributed by atoms with Gasteiger partial charge >= 0.3 is 0 Å². The summed E-state index contributed by atoms with van der Waals surface area (Å²) >= 11 is 5.88. The fourth-order valence-corrected chi connectivity index (χ4v) is 1.49. The van der Waals surface area contributed by atoms with Gasteiger partial charge in [-0.1, -0.05) is 23.7 Å². The predicted octanol–water partition coefficient (Wildman–Crippen LogP) is 2.42. The van der Waals surface area contributed by atoms with Gasteiger partial charge in [0, 0.05) is 12.3 Å². The minimum atomic E-state index is -0.0373. The van der Waals surface area contributed by atoms with Gasteiger partial charge in [0.2, 0.25) is 0 Å². The zero-order valence-electron chi connectivity index (χ0n) is 6.97. The van der Waals surface area contributed by atoms with Crippen LogP contribution in [0, 0.1) is 0 Å². The summed E-state index contributed by atoms with van der Waals surface area (Å²) in [6.45, 7) is 1.49. The third-order valence-electron chi connectivity index (χ3n) is 1.89. The lowest BCUT2D eigenvalue weighted by molar-refractivity contribution is 0.101. The van der Waals surface area contributed by atoms with Crippen LogP contribution in [0.4, 0.5) is 0 Å². The zero-order valence-corrected chi connectivity index (χ0v) is 7.72. The van der Waals surface area contributed by atoms with Gasteiger partial charge in [-0.3, -0.25) is 9.89 Å². The molecule has 0 unspecified atom stereocenters. The highest BCUT2D eigenvalue weighted by Gasteiger charge is 2.10. The smallest absolute Gasteiger partial charge is 0.178 e. The van der Waals surface area contributed by atoms with Gasteiger partial charge in [0.25, 0.3) is 0 Å². The van der Waals surface area contributed by atoms with Crippen LogP contribution in [0.2, 0.25) is 5.02 Å². The number of fused-ring (bicyclic) bond motifs is 1. The lowest BCUT2D eigenvalue weighted by atomic mass is 10.2. The number of nitrogens with one attached hydrogen (secondary N) is 1. The third kappa shape index (κ3) is 1.21. The van der Waals surface area contributed by atoms with Crippen LogP contribution in [-0.2, 0) is 0 Å². The van der Waals surface area contributed by atoms with Crippen LogP contribution in [0.25, 0.3) is 10.9 Å². The van der Waals surface area contributed by atoms with Crippen molar-refractivity contribution in [3.63, 3.8) is 0 Å². The number of nitrogens with zero attached hydrogens (tertiary/aromatic N) is 1. The summed E-state index contributed by atoms with van der Waals surface area (Å²) in [7, 11) is 0. The minimum Gasteiger partial charge on any atom is -0.293 e. The van der Waals surface area contributed by atoms with E-state index in [9.17, 15) is 4.79 Å². The molecule has 0 saturated carbocycles. The molecule has 1 heterocycles. The number of aromatic nitrogens is 2. The summed E-state index contributed by atoms with van der Waals surface area (Å²) < 4.78 is 0. The monoisotopic (exact) mass is 194 g/mol. The predicted molar refractivity (Wildman–Crippen MR) is 51.1 cm³/mol. The molecular formula is C9H7ClN2O. The van der Waals surface area contributed by atoms with E-state index in [1.807, 2.05) is 6.07 Å². The molecule has 0 saturated heterocycles. The van der Waals surface area contributed by atoms with Crippen molar-refractivity contribution in [3.8, 4) is 0 Å². The maximum atomic E-state index is 11.1. The van der Waals surface area contributed by atoms with Crippen molar-refractivity contribution < 1.29 is 4.79 Å².